The Morgan fingerprint density at radius 1 is 1.11 bits per heavy atom. The molecule has 0 saturated carbocycles. The van der Waals surface area contributed by atoms with Gasteiger partial charge in [0.05, 0.1) is 5.56 Å². The molecule has 3 amide bonds. The molecule has 1 fully saturated rings. The van der Waals surface area contributed by atoms with Crippen molar-refractivity contribution in [2.75, 3.05) is 12.8 Å². The molecule has 0 atom stereocenters. The van der Waals surface area contributed by atoms with Crippen molar-refractivity contribution in [1.82, 2.24) is 20.3 Å². The Morgan fingerprint density at radius 3 is 2.29 bits per heavy atom. The number of aromatic nitrogens is 2. The first-order chi connectivity index (χ1) is 13.2. The van der Waals surface area contributed by atoms with Gasteiger partial charge in [0.15, 0.2) is 0 Å². The van der Waals surface area contributed by atoms with E-state index < -0.39 is 33.5 Å². The van der Waals surface area contributed by atoms with Gasteiger partial charge in [0.2, 0.25) is 15.0 Å². The van der Waals surface area contributed by atoms with Gasteiger partial charge in [-0.25, -0.2) is 23.2 Å². The first kappa shape index (κ1) is 21.4. The number of nitrogens with zero attached hydrogens (tertiary/aromatic N) is 3. The lowest BCUT2D eigenvalue weighted by molar-refractivity contribution is -0.197. The number of carbonyl (C=O) groups is 4. The van der Waals surface area contributed by atoms with Gasteiger partial charge in [0.25, 0.3) is 17.7 Å². The van der Waals surface area contributed by atoms with Crippen LogP contribution in [0.4, 0.5) is 0 Å². The highest BCUT2D eigenvalue weighted by Gasteiger charge is 2.32. The SMILES string of the molecule is CS(=O)(=O)c1ncc(C(=O)NCCCCCC(=O)ON2C(=O)CCC2=O)cn1. The second-order valence-electron chi connectivity index (χ2n) is 6.14. The average molecular weight is 412 g/mol. The van der Waals surface area contributed by atoms with E-state index in [1.807, 2.05) is 0 Å². The number of hydrogen-bond acceptors (Lipinski definition) is 9. The van der Waals surface area contributed by atoms with Crippen molar-refractivity contribution < 1.29 is 32.4 Å². The van der Waals surface area contributed by atoms with E-state index in [2.05, 4.69) is 15.3 Å². The smallest absolute Gasteiger partial charge is 0.333 e. The molecule has 28 heavy (non-hydrogen) atoms. The average Bonchev–Trinajstić information content (AvgIpc) is 2.95. The zero-order chi connectivity index (χ0) is 20.7. The third-order valence-corrected chi connectivity index (χ3v) is 4.64. The number of amides is 3. The van der Waals surface area contributed by atoms with E-state index in [1.54, 1.807) is 0 Å². The molecule has 0 radical (unpaired) electrons. The van der Waals surface area contributed by atoms with Crippen LogP contribution in [-0.2, 0) is 29.1 Å². The number of rotatable bonds is 9. The van der Waals surface area contributed by atoms with Crippen molar-refractivity contribution >= 4 is 33.5 Å². The van der Waals surface area contributed by atoms with E-state index in [-0.39, 0.29) is 30.0 Å². The van der Waals surface area contributed by atoms with E-state index in [1.165, 1.54) is 0 Å². The Morgan fingerprint density at radius 2 is 1.71 bits per heavy atom. The van der Waals surface area contributed by atoms with Gasteiger partial charge in [-0.3, -0.25) is 14.4 Å². The fourth-order valence-electron chi connectivity index (χ4n) is 2.31. The number of imide groups is 1. The van der Waals surface area contributed by atoms with Crippen molar-refractivity contribution in [2.45, 2.75) is 43.7 Å². The van der Waals surface area contributed by atoms with Crippen molar-refractivity contribution in [1.29, 1.82) is 0 Å². The third-order valence-electron chi connectivity index (χ3n) is 3.76. The second-order valence-corrected chi connectivity index (χ2v) is 8.05. The van der Waals surface area contributed by atoms with Crippen molar-refractivity contribution in [3.05, 3.63) is 18.0 Å². The lowest BCUT2D eigenvalue weighted by Crippen LogP contribution is -2.31. The summed E-state index contributed by atoms with van der Waals surface area (Å²) >= 11 is 0. The molecule has 152 valence electrons. The quantitative estimate of drug-likeness (QED) is 0.329. The summed E-state index contributed by atoms with van der Waals surface area (Å²) < 4.78 is 22.5. The summed E-state index contributed by atoms with van der Waals surface area (Å²) in [7, 11) is -3.53. The molecule has 0 aromatic carbocycles. The summed E-state index contributed by atoms with van der Waals surface area (Å²) in [5.74, 6) is -2.13. The summed E-state index contributed by atoms with van der Waals surface area (Å²) in [5, 5.41) is 2.79. The summed E-state index contributed by atoms with van der Waals surface area (Å²) in [6.45, 7) is 0.338. The maximum Gasteiger partial charge on any atom is 0.333 e. The van der Waals surface area contributed by atoms with E-state index in [9.17, 15) is 27.6 Å². The van der Waals surface area contributed by atoms with Gasteiger partial charge in [0, 0.05) is 44.5 Å². The van der Waals surface area contributed by atoms with E-state index in [0.29, 0.717) is 30.9 Å². The molecule has 11 nitrogen and oxygen atoms in total. The zero-order valence-electron chi connectivity index (χ0n) is 15.2. The van der Waals surface area contributed by atoms with Gasteiger partial charge in [-0.05, 0) is 12.8 Å². The highest BCUT2D eigenvalue weighted by Crippen LogP contribution is 2.13. The van der Waals surface area contributed by atoms with Crippen LogP contribution in [0.15, 0.2) is 17.6 Å². The van der Waals surface area contributed by atoms with Crippen LogP contribution >= 0.6 is 0 Å². The molecule has 1 aromatic rings. The van der Waals surface area contributed by atoms with Gasteiger partial charge >= 0.3 is 5.97 Å². The number of sulfone groups is 1. The standard InChI is InChI=1S/C16H20N4O7S/c1-28(25,26)16-18-9-11(10-19-16)15(24)17-8-4-2-3-5-14(23)27-20-12(21)6-7-13(20)22/h9-10H,2-8H2,1H3,(H,17,24). The fourth-order valence-corrected chi connectivity index (χ4v) is 2.79. The number of carbonyl (C=O) groups excluding carboxylic acids is 4. The van der Waals surface area contributed by atoms with Gasteiger partial charge < -0.3 is 10.2 Å². The highest BCUT2D eigenvalue weighted by atomic mass is 32.2. The Balaban J connectivity index is 1.62. The van der Waals surface area contributed by atoms with Crippen molar-refractivity contribution in [2.24, 2.45) is 0 Å². The van der Waals surface area contributed by atoms with Crippen molar-refractivity contribution in [3.63, 3.8) is 0 Å². The largest absolute Gasteiger partial charge is 0.352 e. The van der Waals surface area contributed by atoms with Crippen LogP contribution in [0.3, 0.4) is 0 Å². The highest BCUT2D eigenvalue weighted by molar-refractivity contribution is 7.90. The van der Waals surface area contributed by atoms with Crippen molar-refractivity contribution in [3.8, 4) is 0 Å². The Bertz CT molecular complexity index is 851. The minimum Gasteiger partial charge on any atom is -0.352 e. The lowest BCUT2D eigenvalue weighted by Gasteiger charge is -2.12. The van der Waals surface area contributed by atoms with Crippen LogP contribution in [0, 0.1) is 0 Å². The molecule has 12 heteroatoms. The summed E-state index contributed by atoms with van der Waals surface area (Å²) in [4.78, 5) is 58.2. The topological polar surface area (TPSA) is 153 Å². The van der Waals surface area contributed by atoms with Crippen LogP contribution in [0.25, 0.3) is 0 Å². The minimum absolute atomic E-state index is 0.0474. The predicted molar refractivity (Wildman–Crippen MR) is 93.1 cm³/mol. The van der Waals surface area contributed by atoms with Gasteiger partial charge in [-0.1, -0.05) is 6.42 Å². The normalized spacial score (nSPS) is 14.2. The zero-order valence-corrected chi connectivity index (χ0v) is 16.0. The molecule has 1 N–H and O–H groups in total. The van der Waals surface area contributed by atoms with Gasteiger partial charge in [-0.15, -0.1) is 5.06 Å². The first-order valence-corrected chi connectivity index (χ1v) is 10.4. The molecule has 0 aliphatic carbocycles. The maximum absolute atomic E-state index is 11.9. The molecule has 2 heterocycles. The second kappa shape index (κ2) is 9.35. The predicted octanol–water partition coefficient (Wildman–Crippen LogP) is -0.223. The van der Waals surface area contributed by atoms with Gasteiger partial charge in [0.1, 0.15) is 0 Å². The fraction of sp³-hybridized carbons (Fsp3) is 0.500. The van der Waals surface area contributed by atoms with Crippen LogP contribution in [-0.4, -0.2) is 59.9 Å². The number of nitrogens with one attached hydrogen (secondary N) is 1. The van der Waals surface area contributed by atoms with Crippen LogP contribution in [0.1, 0.15) is 48.9 Å². The summed E-state index contributed by atoms with van der Waals surface area (Å²) in [5.41, 5.74) is 0.135. The molecule has 0 bridgehead atoms. The maximum atomic E-state index is 11.9. The molecule has 1 aliphatic heterocycles. The Labute approximate surface area is 161 Å². The number of unbranched alkanes of at least 4 members (excludes halogenated alkanes) is 2. The Hall–Kier alpha value is -2.89. The van der Waals surface area contributed by atoms with E-state index >= 15 is 0 Å². The lowest BCUT2D eigenvalue weighted by atomic mass is 10.2. The molecular formula is C16H20N4O7S. The van der Waals surface area contributed by atoms with Gasteiger partial charge in [-0.2, -0.15) is 0 Å². The molecular weight excluding hydrogens is 392 g/mol. The minimum atomic E-state index is -3.53. The molecule has 2 rings (SSSR count). The summed E-state index contributed by atoms with van der Waals surface area (Å²) in [6, 6.07) is 0. The molecule has 0 spiro atoms. The Kier molecular flexibility index (Phi) is 7.15. The van der Waals surface area contributed by atoms with E-state index in [0.717, 1.165) is 18.6 Å². The summed E-state index contributed by atoms with van der Waals surface area (Å²) in [6.07, 6.45) is 5.05. The first-order valence-electron chi connectivity index (χ1n) is 8.55. The molecule has 0 unspecified atom stereocenters. The number of hydrogen-bond donors (Lipinski definition) is 1. The van der Waals surface area contributed by atoms with Crippen LogP contribution in [0.5, 0.6) is 0 Å². The third kappa shape index (κ3) is 6.08. The van der Waals surface area contributed by atoms with Crippen LogP contribution in [0.2, 0.25) is 0 Å². The molecule has 1 aromatic heterocycles. The van der Waals surface area contributed by atoms with Crippen LogP contribution < -0.4 is 5.32 Å². The molecule has 1 saturated heterocycles. The van der Waals surface area contributed by atoms with E-state index in [4.69, 9.17) is 4.84 Å². The monoisotopic (exact) mass is 412 g/mol. The molecule has 1 aliphatic rings. The number of hydroxylamine groups is 2.